The van der Waals surface area contributed by atoms with Gasteiger partial charge in [0.2, 0.25) is 5.13 Å². The van der Waals surface area contributed by atoms with Crippen molar-refractivity contribution in [2.24, 2.45) is 5.92 Å². The molecule has 1 saturated heterocycles. The summed E-state index contributed by atoms with van der Waals surface area (Å²) in [7, 11) is 1.69. The maximum Gasteiger partial charge on any atom is 0.208 e. The highest BCUT2D eigenvalue weighted by atomic mass is 32.1. The zero-order chi connectivity index (χ0) is 12.1. The second-order valence-electron chi connectivity index (χ2n) is 4.27. The number of ether oxygens (including phenoxy) is 2. The average molecular weight is 257 g/mol. The lowest BCUT2D eigenvalue weighted by atomic mass is 10.1. The Balaban J connectivity index is 1.72. The standard InChI is InChI=1S/C11H19N3O2S/c1-9-12-13-11(17-9)14-4-3-10(7-14)8-16-6-5-15-2/h10H,3-8H2,1-2H3. The largest absolute Gasteiger partial charge is 0.382 e. The van der Waals surface area contributed by atoms with Crippen LogP contribution in [0, 0.1) is 12.8 Å². The van der Waals surface area contributed by atoms with E-state index in [2.05, 4.69) is 15.1 Å². The molecule has 0 aliphatic carbocycles. The maximum absolute atomic E-state index is 5.56. The topological polar surface area (TPSA) is 47.5 Å². The summed E-state index contributed by atoms with van der Waals surface area (Å²) in [6.45, 7) is 6.26. The van der Waals surface area contributed by atoms with E-state index < -0.39 is 0 Å². The van der Waals surface area contributed by atoms with Gasteiger partial charge >= 0.3 is 0 Å². The molecule has 2 rings (SSSR count). The minimum Gasteiger partial charge on any atom is -0.382 e. The molecule has 0 bridgehead atoms. The molecule has 1 aromatic heterocycles. The number of rotatable bonds is 6. The van der Waals surface area contributed by atoms with Crippen LogP contribution in [0.1, 0.15) is 11.4 Å². The first-order valence-corrected chi connectivity index (χ1v) is 6.73. The van der Waals surface area contributed by atoms with E-state index in [0.29, 0.717) is 19.1 Å². The zero-order valence-corrected chi connectivity index (χ0v) is 11.2. The summed E-state index contributed by atoms with van der Waals surface area (Å²) in [4.78, 5) is 2.30. The summed E-state index contributed by atoms with van der Waals surface area (Å²) in [5.74, 6) is 0.607. The van der Waals surface area contributed by atoms with E-state index in [-0.39, 0.29) is 0 Å². The SMILES string of the molecule is COCCOCC1CCN(c2nnc(C)s2)C1. The number of hydrogen-bond donors (Lipinski definition) is 0. The smallest absolute Gasteiger partial charge is 0.208 e. The quantitative estimate of drug-likeness (QED) is 0.720. The molecule has 0 amide bonds. The summed E-state index contributed by atoms with van der Waals surface area (Å²) in [6, 6.07) is 0. The van der Waals surface area contributed by atoms with Crippen LogP contribution in [0.2, 0.25) is 0 Å². The van der Waals surface area contributed by atoms with Gasteiger partial charge in [0.05, 0.1) is 19.8 Å². The Kier molecular flexibility index (Phi) is 4.70. The molecule has 1 atom stereocenters. The van der Waals surface area contributed by atoms with Crippen molar-refractivity contribution in [1.29, 1.82) is 0 Å². The molecule has 1 aliphatic heterocycles. The predicted molar refractivity (Wildman–Crippen MR) is 67.7 cm³/mol. The summed E-state index contributed by atoms with van der Waals surface area (Å²) >= 11 is 1.66. The molecule has 5 nitrogen and oxygen atoms in total. The second-order valence-corrected chi connectivity index (χ2v) is 5.43. The molecule has 2 heterocycles. The number of hydrogen-bond acceptors (Lipinski definition) is 6. The van der Waals surface area contributed by atoms with Crippen molar-refractivity contribution < 1.29 is 9.47 Å². The van der Waals surface area contributed by atoms with Gasteiger partial charge in [-0.2, -0.15) is 0 Å². The lowest BCUT2D eigenvalue weighted by Crippen LogP contribution is -2.21. The molecule has 0 N–H and O–H groups in total. The Hall–Kier alpha value is -0.720. The summed E-state index contributed by atoms with van der Waals surface area (Å²) < 4.78 is 10.5. The maximum atomic E-state index is 5.56. The molecular formula is C11H19N3O2S. The minimum absolute atomic E-state index is 0.607. The van der Waals surface area contributed by atoms with Gasteiger partial charge in [-0.3, -0.25) is 0 Å². The highest BCUT2D eigenvalue weighted by Gasteiger charge is 2.24. The molecular weight excluding hydrogens is 238 g/mol. The van der Waals surface area contributed by atoms with Crippen molar-refractivity contribution >= 4 is 16.5 Å². The average Bonchev–Trinajstić information content (AvgIpc) is 2.93. The first kappa shape index (κ1) is 12.7. The fourth-order valence-electron chi connectivity index (χ4n) is 1.95. The number of aryl methyl sites for hydroxylation is 1. The van der Waals surface area contributed by atoms with Gasteiger partial charge in [-0.1, -0.05) is 11.3 Å². The molecule has 1 aliphatic rings. The fourth-order valence-corrected chi connectivity index (χ4v) is 2.67. The Morgan fingerprint density at radius 1 is 1.41 bits per heavy atom. The van der Waals surface area contributed by atoms with E-state index in [1.165, 1.54) is 6.42 Å². The van der Waals surface area contributed by atoms with Crippen molar-refractivity contribution in [2.45, 2.75) is 13.3 Å². The van der Waals surface area contributed by atoms with Crippen LogP contribution in [0.4, 0.5) is 5.13 Å². The van der Waals surface area contributed by atoms with E-state index in [9.17, 15) is 0 Å². The van der Waals surface area contributed by atoms with Gasteiger partial charge in [0.1, 0.15) is 5.01 Å². The monoisotopic (exact) mass is 257 g/mol. The van der Waals surface area contributed by atoms with Crippen LogP contribution in [0.5, 0.6) is 0 Å². The third-order valence-corrected chi connectivity index (χ3v) is 3.76. The van der Waals surface area contributed by atoms with Crippen molar-refractivity contribution in [3.8, 4) is 0 Å². The van der Waals surface area contributed by atoms with E-state index in [0.717, 1.165) is 29.8 Å². The van der Waals surface area contributed by atoms with E-state index in [1.54, 1.807) is 18.4 Å². The van der Waals surface area contributed by atoms with E-state index in [1.807, 2.05) is 6.92 Å². The second kappa shape index (κ2) is 6.28. The molecule has 6 heteroatoms. The number of methoxy groups -OCH3 is 1. The molecule has 0 saturated carbocycles. The lowest BCUT2D eigenvalue weighted by molar-refractivity contribution is 0.0549. The summed E-state index contributed by atoms with van der Waals surface area (Å²) in [5, 5.41) is 10.3. The normalized spacial score (nSPS) is 20.1. The summed E-state index contributed by atoms with van der Waals surface area (Å²) in [6.07, 6.45) is 1.17. The lowest BCUT2D eigenvalue weighted by Gasteiger charge is -2.14. The predicted octanol–water partition coefficient (Wildman–Crippen LogP) is 1.34. The van der Waals surface area contributed by atoms with Gasteiger partial charge in [-0.05, 0) is 13.3 Å². The Morgan fingerprint density at radius 2 is 2.29 bits per heavy atom. The van der Waals surface area contributed by atoms with E-state index >= 15 is 0 Å². The highest BCUT2D eigenvalue weighted by Crippen LogP contribution is 2.26. The Morgan fingerprint density at radius 3 is 3.00 bits per heavy atom. The van der Waals surface area contributed by atoms with Gasteiger partial charge in [-0.15, -0.1) is 10.2 Å². The number of anilines is 1. The van der Waals surface area contributed by atoms with Crippen LogP contribution >= 0.6 is 11.3 Å². The molecule has 1 aromatic rings. The highest BCUT2D eigenvalue weighted by molar-refractivity contribution is 7.15. The third-order valence-electron chi connectivity index (χ3n) is 2.86. The number of nitrogens with zero attached hydrogens (tertiary/aromatic N) is 3. The molecule has 0 radical (unpaired) electrons. The van der Waals surface area contributed by atoms with Crippen molar-refractivity contribution in [3.05, 3.63) is 5.01 Å². The van der Waals surface area contributed by atoms with Crippen LogP contribution < -0.4 is 4.90 Å². The van der Waals surface area contributed by atoms with Gasteiger partial charge in [0, 0.05) is 26.1 Å². The van der Waals surface area contributed by atoms with Crippen molar-refractivity contribution in [2.75, 3.05) is 44.9 Å². The van der Waals surface area contributed by atoms with Gasteiger partial charge in [0.15, 0.2) is 0 Å². The first-order valence-electron chi connectivity index (χ1n) is 5.91. The van der Waals surface area contributed by atoms with Crippen molar-refractivity contribution in [1.82, 2.24) is 10.2 Å². The van der Waals surface area contributed by atoms with Crippen molar-refractivity contribution in [3.63, 3.8) is 0 Å². The number of aromatic nitrogens is 2. The van der Waals surface area contributed by atoms with Gasteiger partial charge in [0.25, 0.3) is 0 Å². The van der Waals surface area contributed by atoms with Crippen LogP contribution in [0.3, 0.4) is 0 Å². The fraction of sp³-hybridized carbons (Fsp3) is 0.818. The van der Waals surface area contributed by atoms with E-state index in [4.69, 9.17) is 9.47 Å². The summed E-state index contributed by atoms with van der Waals surface area (Å²) in [5.41, 5.74) is 0. The molecule has 1 unspecified atom stereocenters. The van der Waals surface area contributed by atoms with Crippen LogP contribution in [0.15, 0.2) is 0 Å². The Bertz CT molecular complexity index is 345. The molecule has 96 valence electrons. The minimum atomic E-state index is 0.607. The Labute approximate surface area is 106 Å². The molecule has 0 spiro atoms. The van der Waals surface area contributed by atoms with Gasteiger partial charge in [-0.25, -0.2) is 0 Å². The molecule has 17 heavy (non-hydrogen) atoms. The molecule has 1 fully saturated rings. The van der Waals surface area contributed by atoms with Gasteiger partial charge < -0.3 is 14.4 Å². The molecule has 0 aromatic carbocycles. The van der Waals surface area contributed by atoms with Crippen LogP contribution in [-0.4, -0.2) is 50.2 Å². The first-order chi connectivity index (χ1) is 8.29. The van der Waals surface area contributed by atoms with Crippen LogP contribution in [0.25, 0.3) is 0 Å². The van der Waals surface area contributed by atoms with Crippen LogP contribution in [-0.2, 0) is 9.47 Å². The zero-order valence-electron chi connectivity index (χ0n) is 10.4. The third kappa shape index (κ3) is 3.62.